The Morgan fingerprint density at radius 1 is 0.969 bits per heavy atom. The van der Waals surface area contributed by atoms with Crippen molar-refractivity contribution in [3.63, 3.8) is 0 Å². The third-order valence-electron chi connectivity index (χ3n) is 4.71. The van der Waals surface area contributed by atoms with Gasteiger partial charge in [-0.3, -0.25) is 9.59 Å². The Morgan fingerprint density at radius 3 is 2.28 bits per heavy atom. The van der Waals surface area contributed by atoms with Gasteiger partial charge in [-0.05, 0) is 49.2 Å². The summed E-state index contributed by atoms with van der Waals surface area (Å²) in [6.07, 6.45) is 0. The van der Waals surface area contributed by atoms with Gasteiger partial charge in [0.25, 0.3) is 11.8 Å². The fourth-order valence-electron chi connectivity index (χ4n) is 3.04. The summed E-state index contributed by atoms with van der Waals surface area (Å²) >= 11 is 1.04. The molecule has 1 heterocycles. The maximum atomic E-state index is 12.8. The molecule has 2 N–H and O–H groups in total. The van der Waals surface area contributed by atoms with Crippen molar-refractivity contribution in [2.75, 3.05) is 19.0 Å². The Balaban J connectivity index is 1.85. The van der Waals surface area contributed by atoms with Crippen LogP contribution in [0, 0.1) is 6.92 Å². The Labute approximate surface area is 190 Å². The fourth-order valence-corrected chi connectivity index (χ4v) is 4.15. The first-order valence-electron chi connectivity index (χ1n) is 10.0. The molecule has 0 aliphatic carbocycles. The van der Waals surface area contributed by atoms with Gasteiger partial charge in [-0.15, -0.1) is 11.3 Å². The molecule has 3 rings (SSSR count). The minimum Gasteiger partial charge on any atom is -0.497 e. The number of carbonyl (C=O) groups is 3. The molecule has 0 saturated carbocycles. The number of thiophene rings is 1. The van der Waals surface area contributed by atoms with E-state index in [-0.39, 0.29) is 23.1 Å². The van der Waals surface area contributed by atoms with E-state index in [9.17, 15) is 14.4 Å². The third-order valence-corrected chi connectivity index (χ3v) is 5.91. The first-order valence-corrected chi connectivity index (χ1v) is 10.8. The first-order chi connectivity index (χ1) is 15.4. The number of carbonyl (C=O) groups excluding carboxylic acids is 3. The van der Waals surface area contributed by atoms with E-state index in [0.29, 0.717) is 28.3 Å². The molecular formula is C24H24N2O5S. The second-order valence-electron chi connectivity index (χ2n) is 6.83. The Morgan fingerprint density at radius 2 is 1.66 bits per heavy atom. The lowest BCUT2D eigenvalue weighted by molar-refractivity contribution is 0.0527. The van der Waals surface area contributed by atoms with E-state index in [4.69, 9.17) is 9.47 Å². The number of hydrogen-bond donors (Lipinski definition) is 2. The van der Waals surface area contributed by atoms with Crippen molar-refractivity contribution in [1.82, 2.24) is 5.32 Å². The minimum absolute atomic E-state index is 0.176. The molecule has 166 valence electrons. The van der Waals surface area contributed by atoms with E-state index in [1.165, 1.54) is 0 Å². The van der Waals surface area contributed by atoms with Crippen molar-refractivity contribution in [2.45, 2.75) is 20.4 Å². The zero-order valence-electron chi connectivity index (χ0n) is 18.1. The molecule has 2 aromatic carbocycles. The largest absolute Gasteiger partial charge is 0.497 e. The molecule has 0 atom stereocenters. The van der Waals surface area contributed by atoms with Crippen LogP contribution >= 0.6 is 11.3 Å². The molecule has 7 nitrogen and oxygen atoms in total. The Hall–Kier alpha value is -3.65. The highest BCUT2D eigenvalue weighted by molar-refractivity contribution is 7.18. The number of anilines is 1. The predicted octanol–water partition coefficient (Wildman–Crippen LogP) is 4.42. The van der Waals surface area contributed by atoms with Gasteiger partial charge in [0.15, 0.2) is 0 Å². The summed E-state index contributed by atoms with van der Waals surface area (Å²) in [5, 5.41) is 5.88. The van der Waals surface area contributed by atoms with Gasteiger partial charge in [-0.25, -0.2) is 4.79 Å². The number of nitrogens with one attached hydrogen (secondary N) is 2. The van der Waals surface area contributed by atoms with E-state index in [1.807, 2.05) is 30.3 Å². The molecule has 2 amide bonds. The molecule has 3 aromatic rings. The predicted molar refractivity (Wildman–Crippen MR) is 124 cm³/mol. The molecule has 0 aliphatic rings. The topological polar surface area (TPSA) is 93.7 Å². The van der Waals surface area contributed by atoms with Crippen LogP contribution in [0.25, 0.3) is 0 Å². The zero-order chi connectivity index (χ0) is 23.1. The lowest BCUT2D eigenvalue weighted by Crippen LogP contribution is -2.22. The number of benzene rings is 2. The van der Waals surface area contributed by atoms with Crippen LogP contribution in [0.2, 0.25) is 0 Å². The highest BCUT2D eigenvalue weighted by Crippen LogP contribution is 2.34. The van der Waals surface area contributed by atoms with Gasteiger partial charge < -0.3 is 20.1 Å². The third kappa shape index (κ3) is 5.33. The van der Waals surface area contributed by atoms with Crippen LogP contribution in [0.15, 0.2) is 54.6 Å². The summed E-state index contributed by atoms with van der Waals surface area (Å²) in [4.78, 5) is 38.5. The summed E-state index contributed by atoms with van der Waals surface area (Å²) < 4.78 is 10.3. The van der Waals surface area contributed by atoms with Gasteiger partial charge in [0.2, 0.25) is 0 Å². The molecule has 0 bridgehead atoms. The van der Waals surface area contributed by atoms with Crippen molar-refractivity contribution in [3.8, 4) is 5.75 Å². The molecule has 0 fully saturated rings. The molecule has 0 unspecified atom stereocenters. The van der Waals surface area contributed by atoms with E-state index in [1.54, 1.807) is 45.2 Å². The molecule has 0 aliphatic heterocycles. The highest BCUT2D eigenvalue weighted by atomic mass is 32.1. The van der Waals surface area contributed by atoms with E-state index >= 15 is 0 Å². The van der Waals surface area contributed by atoms with Crippen LogP contribution in [0.1, 0.15) is 48.4 Å². The van der Waals surface area contributed by atoms with E-state index in [2.05, 4.69) is 10.6 Å². The van der Waals surface area contributed by atoms with Gasteiger partial charge in [-0.2, -0.15) is 0 Å². The monoisotopic (exact) mass is 452 g/mol. The average Bonchev–Trinajstić information content (AvgIpc) is 3.14. The summed E-state index contributed by atoms with van der Waals surface area (Å²) in [7, 11) is 1.54. The highest BCUT2D eigenvalue weighted by Gasteiger charge is 2.26. The standard InChI is InChI=1S/C24H24N2O5S/c1-4-31-24(29)19-15(2)20(22(28)25-14-16-8-6-5-7-9-16)32-23(19)26-21(27)17-10-12-18(30-3)13-11-17/h5-13H,4,14H2,1-3H3,(H,25,28)(H,26,27). The van der Waals surface area contributed by atoms with Crippen molar-refractivity contribution in [1.29, 1.82) is 0 Å². The van der Waals surface area contributed by atoms with Gasteiger partial charge >= 0.3 is 5.97 Å². The van der Waals surface area contributed by atoms with Crippen LogP contribution in [0.4, 0.5) is 5.00 Å². The van der Waals surface area contributed by atoms with Crippen LogP contribution in [0.5, 0.6) is 5.75 Å². The Kier molecular flexibility index (Phi) is 7.62. The zero-order valence-corrected chi connectivity index (χ0v) is 18.9. The maximum Gasteiger partial charge on any atom is 0.341 e. The number of esters is 1. The molecule has 8 heteroatoms. The van der Waals surface area contributed by atoms with Gasteiger partial charge in [0.05, 0.1) is 24.2 Å². The summed E-state index contributed by atoms with van der Waals surface area (Å²) in [6, 6.07) is 16.1. The number of ether oxygens (including phenoxy) is 2. The number of methoxy groups -OCH3 is 1. The summed E-state index contributed by atoms with van der Waals surface area (Å²) in [5.74, 6) is -0.700. The van der Waals surface area contributed by atoms with Gasteiger partial charge in [-0.1, -0.05) is 30.3 Å². The fraction of sp³-hybridized carbons (Fsp3) is 0.208. The first kappa shape index (κ1) is 23.0. The molecule has 0 saturated heterocycles. The van der Waals surface area contributed by atoms with E-state index in [0.717, 1.165) is 16.9 Å². The van der Waals surface area contributed by atoms with Crippen LogP contribution in [-0.2, 0) is 11.3 Å². The molecular weight excluding hydrogens is 428 g/mol. The van der Waals surface area contributed by atoms with Crippen LogP contribution in [-0.4, -0.2) is 31.5 Å². The summed E-state index contributed by atoms with van der Waals surface area (Å²) in [5.41, 5.74) is 1.99. The van der Waals surface area contributed by atoms with Crippen molar-refractivity contribution < 1.29 is 23.9 Å². The van der Waals surface area contributed by atoms with Crippen LogP contribution < -0.4 is 15.4 Å². The normalized spacial score (nSPS) is 10.3. The SMILES string of the molecule is CCOC(=O)c1c(NC(=O)c2ccc(OC)cc2)sc(C(=O)NCc2ccccc2)c1C. The molecule has 0 radical (unpaired) electrons. The number of amides is 2. The molecule has 32 heavy (non-hydrogen) atoms. The second kappa shape index (κ2) is 10.6. The summed E-state index contributed by atoms with van der Waals surface area (Å²) in [6.45, 7) is 3.89. The number of hydrogen-bond acceptors (Lipinski definition) is 6. The van der Waals surface area contributed by atoms with E-state index < -0.39 is 11.9 Å². The lowest BCUT2D eigenvalue weighted by Gasteiger charge is -2.07. The van der Waals surface area contributed by atoms with Crippen molar-refractivity contribution in [3.05, 3.63) is 81.7 Å². The van der Waals surface area contributed by atoms with Gasteiger partial charge in [0, 0.05) is 12.1 Å². The van der Waals surface area contributed by atoms with Gasteiger partial charge in [0.1, 0.15) is 10.8 Å². The minimum atomic E-state index is -0.589. The smallest absolute Gasteiger partial charge is 0.341 e. The number of rotatable bonds is 8. The Bertz CT molecular complexity index is 1110. The van der Waals surface area contributed by atoms with Crippen molar-refractivity contribution >= 4 is 34.1 Å². The quantitative estimate of drug-likeness (QED) is 0.494. The van der Waals surface area contributed by atoms with Crippen molar-refractivity contribution in [2.24, 2.45) is 0 Å². The van der Waals surface area contributed by atoms with Crippen LogP contribution in [0.3, 0.4) is 0 Å². The average molecular weight is 453 g/mol. The lowest BCUT2D eigenvalue weighted by atomic mass is 10.1. The molecule has 1 aromatic heterocycles. The maximum absolute atomic E-state index is 12.8. The second-order valence-corrected chi connectivity index (χ2v) is 7.85. The molecule has 0 spiro atoms.